The molecular weight excluding hydrogens is 326 g/mol. The molecule has 1 heterocycles. The van der Waals surface area contributed by atoms with Gasteiger partial charge in [0.15, 0.2) is 0 Å². The zero-order chi connectivity index (χ0) is 16.1. The zero-order valence-corrected chi connectivity index (χ0v) is 14.6. The van der Waals surface area contributed by atoms with Crippen LogP contribution in [0, 0.1) is 0 Å². The van der Waals surface area contributed by atoms with Crippen molar-refractivity contribution in [2.45, 2.75) is 18.2 Å². The van der Waals surface area contributed by atoms with E-state index in [9.17, 15) is 0 Å². The van der Waals surface area contributed by atoms with Crippen molar-refractivity contribution in [3.8, 4) is 16.3 Å². The number of aryl methyl sites for hydroxylation is 1. The number of ether oxygens (including phenoxy) is 1. The molecule has 118 valence electrons. The fourth-order valence-corrected chi connectivity index (χ4v) is 3.67. The lowest BCUT2D eigenvalue weighted by molar-refractivity contribution is 0.404. The number of anilines is 1. The Hall–Kier alpha value is -2.05. The van der Waals surface area contributed by atoms with Gasteiger partial charge in [-0.25, -0.2) is 0 Å². The smallest absolute Gasteiger partial charge is 0.216 e. The normalized spacial score (nSPS) is 10.5. The van der Waals surface area contributed by atoms with Gasteiger partial charge in [-0.15, -0.1) is 10.2 Å². The van der Waals surface area contributed by atoms with E-state index in [1.54, 1.807) is 7.11 Å². The maximum atomic E-state index is 5.41. The van der Waals surface area contributed by atoms with Crippen LogP contribution >= 0.6 is 23.3 Å². The number of rotatable bonds is 6. The monoisotopic (exact) mass is 343 g/mol. The molecule has 0 bridgehead atoms. The quantitative estimate of drug-likeness (QED) is 0.645. The number of nitrogens with zero attached hydrogens (tertiary/aromatic N) is 2. The van der Waals surface area contributed by atoms with E-state index in [1.807, 2.05) is 36.4 Å². The Morgan fingerprint density at radius 2 is 1.96 bits per heavy atom. The van der Waals surface area contributed by atoms with Gasteiger partial charge in [-0.3, -0.25) is 4.72 Å². The standard InChI is InChI=1S/C17H17N3OS2/c1-3-12-9-10-14(21-2)15(11-12)23-20-17-19-18-16(22-17)13-7-5-4-6-8-13/h4-11H,3H2,1-2H3,(H,19,20). The van der Waals surface area contributed by atoms with Gasteiger partial charge in [-0.05, 0) is 36.1 Å². The van der Waals surface area contributed by atoms with Crippen LogP contribution < -0.4 is 9.46 Å². The molecule has 2 aromatic carbocycles. The molecule has 6 heteroatoms. The van der Waals surface area contributed by atoms with Crippen LogP contribution in [-0.4, -0.2) is 17.3 Å². The molecular formula is C17H17N3OS2. The molecule has 0 aliphatic heterocycles. The highest BCUT2D eigenvalue weighted by molar-refractivity contribution is 8.00. The lowest BCUT2D eigenvalue weighted by atomic mass is 10.2. The average Bonchev–Trinajstić information content (AvgIpc) is 3.09. The van der Waals surface area contributed by atoms with Crippen molar-refractivity contribution in [1.82, 2.24) is 10.2 Å². The second-order valence-electron chi connectivity index (χ2n) is 4.82. The molecule has 0 aliphatic carbocycles. The summed E-state index contributed by atoms with van der Waals surface area (Å²) in [5, 5.41) is 10.1. The van der Waals surface area contributed by atoms with Crippen LogP contribution in [0.2, 0.25) is 0 Å². The maximum absolute atomic E-state index is 5.41. The van der Waals surface area contributed by atoms with Crippen LogP contribution in [0.3, 0.4) is 0 Å². The molecule has 0 saturated carbocycles. The van der Waals surface area contributed by atoms with Gasteiger partial charge in [-0.1, -0.05) is 54.7 Å². The van der Waals surface area contributed by atoms with E-state index < -0.39 is 0 Å². The highest BCUT2D eigenvalue weighted by atomic mass is 32.2. The first kappa shape index (κ1) is 15.8. The van der Waals surface area contributed by atoms with E-state index in [-0.39, 0.29) is 0 Å². The van der Waals surface area contributed by atoms with Gasteiger partial charge in [0, 0.05) is 5.56 Å². The van der Waals surface area contributed by atoms with Gasteiger partial charge >= 0.3 is 0 Å². The highest BCUT2D eigenvalue weighted by Gasteiger charge is 2.09. The summed E-state index contributed by atoms with van der Waals surface area (Å²) < 4.78 is 8.67. The molecule has 0 amide bonds. The van der Waals surface area contributed by atoms with Crippen LogP contribution in [0.5, 0.6) is 5.75 Å². The minimum Gasteiger partial charge on any atom is -0.496 e. The van der Waals surface area contributed by atoms with Crippen LogP contribution in [0.15, 0.2) is 53.4 Å². The van der Waals surface area contributed by atoms with E-state index in [1.165, 1.54) is 28.8 Å². The molecule has 3 rings (SSSR count). The fourth-order valence-electron chi connectivity index (χ4n) is 2.08. The molecule has 0 saturated heterocycles. The Morgan fingerprint density at radius 1 is 1.13 bits per heavy atom. The predicted molar refractivity (Wildman–Crippen MR) is 97.2 cm³/mol. The van der Waals surface area contributed by atoms with Crippen molar-refractivity contribution in [2.24, 2.45) is 0 Å². The van der Waals surface area contributed by atoms with Gasteiger partial charge < -0.3 is 4.74 Å². The predicted octanol–water partition coefficient (Wildman–Crippen LogP) is 4.90. The summed E-state index contributed by atoms with van der Waals surface area (Å²) in [5.74, 6) is 0.854. The summed E-state index contributed by atoms with van der Waals surface area (Å²) in [6, 6.07) is 16.3. The Labute approximate surface area is 144 Å². The molecule has 1 N–H and O–H groups in total. The van der Waals surface area contributed by atoms with E-state index >= 15 is 0 Å². The molecule has 1 aromatic heterocycles. The van der Waals surface area contributed by atoms with Gasteiger partial charge in [-0.2, -0.15) is 0 Å². The third-order valence-electron chi connectivity index (χ3n) is 3.33. The molecule has 0 radical (unpaired) electrons. The van der Waals surface area contributed by atoms with Crippen LogP contribution in [0.1, 0.15) is 12.5 Å². The maximum Gasteiger partial charge on any atom is 0.216 e. The summed E-state index contributed by atoms with van der Waals surface area (Å²) in [4.78, 5) is 1.04. The molecule has 0 spiro atoms. The first-order valence-corrected chi connectivity index (χ1v) is 8.92. The van der Waals surface area contributed by atoms with Gasteiger partial charge in [0.1, 0.15) is 10.8 Å². The lowest BCUT2D eigenvalue weighted by Crippen LogP contribution is -1.92. The second-order valence-corrected chi connectivity index (χ2v) is 6.65. The molecule has 3 aromatic rings. The number of nitrogens with one attached hydrogen (secondary N) is 1. The molecule has 0 fully saturated rings. The molecule has 23 heavy (non-hydrogen) atoms. The van der Waals surface area contributed by atoms with Crippen molar-refractivity contribution in [3.63, 3.8) is 0 Å². The summed E-state index contributed by atoms with van der Waals surface area (Å²) in [5.41, 5.74) is 2.35. The van der Waals surface area contributed by atoms with Crippen LogP contribution in [0.4, 0.5) is 5.13 Å². The van der Waals surface area contributed by atoms with Crippen molar-refractivity contribution in [2.75, 3.05) is 11.8 Å². The number of hydrogen-bond acceptors (Lipinski definition) is 6. The van der Waals surface area contributed by atoms with Crippen molar-refractivity contribution in [3.05, 3.63) is 54.1 Å². The minimum absolute atomic E-state index is 0.776. The third-order valence-corrected chi connectivity index (χ3v) is 5.18. The highest BCUT2D eigenvalue weighted by Crippen LogP contribution is 2.33. The van der Waals surface area contributed by atoms with E-state index in [0.717, 1.165) is 32.8 Å². The Balaban J connectivity index is 1.73. The van der Waals surface area contributed by atoms with E-state index in [0.29, 0.717) is 0 Å². The van der Waals surface area contributed by atoms with Crippen LogP contribution in [-0.2, 0) is 6.42 Å². The summed E-state index contributed by atoms with van der Waals surface area (Å²) >= 11 is 3.03. The SMILES string of the molecule is CCc1ccc(OC)c(SNc2nnc(-c3ccccc3)s2)c1. The molecule has 0 aliphatic rings. The Morgan fingerprint density at radius 3 is 2.70 bits per heavy atom. The van der Waals surface area contributed by atoms with Gasteiger partial charge in [0.25, 0.3) is 0 Å². The average molecular weight is 343 g/mol. The second kappa shape index (κ2) is 7.48. The molecule has 0 atom stereocenters. The van der Waals surface area contributed by atoms with Crippen molar-refractivity contribution < 1.29 is 4.74 Å². The number of aromatic nitrogens is 2. The molecule has 4 nitrogen and oxygen atoms in total. The topological polar surface area (TPSA) is 47.0 Å². The Kier molecular flexibility index (Phi) is 5.15. The van der Waals surface area contributed by atoms with E-state index in [2.05, 4.69) is 34.0 Å². The van der Waals surface area contributed by atoms with Crippen molar-refractivity contribution >= 4 is 28.4 Å². The summed E-state index contributed by atoms with van der Waals surface area (Å²) in [6.07, 6.45) is 0.995. The fraction of sp³-hybridized carbons (Fsp3) is 0.176. The molecule has 0 unspecified atom stereocenters. The van der Waals surface area contributed by atoms with E-state index in [4.69, 9.17) is 4.74 Å². The van der Waals surface area contributed by atoms with Crippen LogP contribution in [0.25, 0.3) is 10.6 Å². The number of hydrogen-bond donors (Lipinski definition) is 1. The zero-order valence-electron chi connectivity index (χ0n) is 12.9. The van der Waals surface area contributed by atoms with Gasteiger partial charge in [0.05, 0.1) is 12.0 Å². The van der Waals surface area contributed by atoms with Crippen molar-refractivity contribution in [1.29, 1.82) is 0 Å². The minimum atomic E-state index is 0.776. The largest absolute Gasteiger partial charge is 0.496 e. The first-order valence-electron chi connectivity index (χ1n) is 7.29. The number of benzene rings is 2. The lowest BCUT2D eigenvalue weighted by Gasteiger charge is -2.09. The Bertz CT molecular complexity index is 775. The third kappa shape index (κ3) is 3.83. The van der Waals surface area contributed by atoms with Gasteiger partial charge in [0.2, 0.25) is 5.13 Å². The first-order chi connectivity index (χ1) is 11.3. The summed E-state index contributed by atoms with van der Waals surface area (Å²) in [6.45, 7) is 2.14. The number of methoxy groups -OCH3 is 1. The summed E-state index contributed by atoms with van der Waals surface area (Å²) in [7, 11) is 1.68.